The molecule has 0 aliphatic rings. The molecule has 0 aliphatic carbocycles. The predicted octanol–water partition coefficient (Wildman–Crippen LogP) is 1.54. The van der Waals surface area contributed by atoms with E-state index in [1.54, 1.807) is 18.3 Å². The molecule has 1 atom stereocenters. The van der Waals surface area contributed by atoms with Crippen molar-refractivity contribution in [3.8, 4) is 0 Å². The number of fused-ring (bicyclic) bond motifs is 1. The third-order valence-corrected chi connectivity index (χ3v) is 3.65. The van der Waals surface area contributed by atoms with Gasteiger partial charge in [-0.2, -0.15) is 0 Å². The van der Waals surface area contributed by atoms with Crippen LogP contribution in [0.4, 0.5) is 0 Å². The van der Waals surface area contributed by atoms with Gasteiger partial charge in [-0.15, -0.1) is 0 Å². The number of pyridine rings is 1. The highest BCUT2D eigenvalue weighted by Gasteiger charge is 2.23. The molecule has 3 rings (SSSR count). The Labute approximate surface area is 144 Å². The summed E-state index contributed by atoms with van der Waals surface area (Å²) in [6.45, 7) is 0. The minimum Gasteiger partial charge on any atom is -0.467 e. The summed E-state index contributed by atoms with van der Waals surface area (Å²) < 4.78 is 4.79. The summed E-state index contributed by atoms with van der Waals surface area (Å²) in [5.74, 6) is -0.927. The summed E-state index contributed by atoms with van der Waals surface area (Å²) in [7, 11) is 1.28. The van der Waals surface area contributed by atoms with Gasteiger partial charge in [0.1, 0.15) is 6.04 Å². The van der Waals surface area contributed by atoms with E-state index in [-0.39, 0.29) is 12.3 Å². The third kappa shape index (κ3) is 3.95. The van der Waals surface area contributed by atoms with Crippen molar-refractivity contribution in [2.45, 2.75) is 12.5 Å². The topological polar surface area (TPSA) is 94.1 Å². The minimum atomic E-state index is -0.860. The minimum absolute atomic E-state index is 0.182. The van der Waals surface area contributed by atoms with Crippen LogP contribution in [0.25, 0.3) is 11.0 Å². The zero-order valence-corrected chi connectivity index (χ0v) is 13.5. The number of benzene rings is 1. The lowest BCUT2D eigenvalue weighted by atomic mass is 10.1. The molecule has 0 aliphatic heterocycles. The summed E-state index contributed by atoms with van der Waals surface area (Å²) >= 11 is 0. The largest absolute Gasteiger partial charge is 0.467 e. The van der Waals surface area contributed by atoms with Gasteiger partial charge in [-0.05, 0) is 24.3 Å². The molecule has 0 bridgehead atoms. The molecule has 1 N–H and O–H groups in total. The van der Waals surface area contributed by atoms with Crippen molar-refractivity contribution in [2.24, 2.45) is 0 Å². The number of aromatic nitrogens is 3. The number of rotatable bonds is 5. The van der Waals surface area contributed by atoms with Crippen molar-refractivity contribution in [3.63, 3.8) is 0 Å². The molecule has 0 saturated heterocycles. The Hall–Kier alpha value is -3.35. The maximum absolute atomic E-state index is 12.3. The molecule has 0 spiro atoms. The molecule has 0 fully saturated rings. The molecular formula is C18H16N4O3. The SMILES string of the molecule is COC(=O)[C@@H](Cc1cnc2ccccc2n1)NC(=O)c1ccncc1. The molecule has 0 saturated carbocycles. The lowest BCUT2D eigenvalue weighted by Crippen LogP contribution is -2.43. The fourth-order valence-corrected chi connectivity index (χ4v) is 2.38. The average Bonchev–Trinajstić information content (AvgIpc) is 2.67. The van der Waals surface area contributed by atoms with Gasteiger partial charge in [-0.25, -0.2) is 9.78 Å². The van der Waals surface area contributed by atoms with Gasteiger partial charge in [-0.3, -0.25) is 14.8 Å². The molecule has 2 heterocycles. The number of amides is 1. The van der Waals surface area contributed by atoms with Crippen LogP contribution in [0.15, 0.2) is 55.0 Å². The summed E-state index contributed by atoms with van der Waals surface area (Å²) in [6.07, 6.45) is 4.80. The van der Waals surface area contributed by atoms with Crippen LogP contribution in [-0.4, -0.2) is 40.0 Å². The second-order valence-electron chi connectivity index (χ2n) is 5.34. The lowest BCUT2D eigenvalue weighted by molar-refractivity contribution is -0.142. The fourth-order valence-electron chi connectivity index (χ4n) is 2.38. The van der Waals surface area contributed by atoms with E-state index in [0.717, 1.165) is 11.0 Å². The molecule has 1 amide bonds. The van der Waals surface area contributed by atoms with Crippen molar-refractivity contribution in [1.82, 2.24) is 20.3 Å². The summed E-state index contributed by atoms with van der Waals surface area (Å²) in [5, 5.41) is 2.67. The fraction of sp³-hybridized carbons (Fsp3) is 0.167. The summed E-state index contributed by atoms with van der Waals surface area (Å²) in [4.78, 5) is 37.0. The standard InChI is InChI=1S/C18H16N4O3/c1-25-18(24)16(22-17(23)12-6-8-19-9-7-12)10-13-11-20-14-4-2-3-5-15(14)21-13/h2-9,11,16H,10H2,1H3,(H,22,23)/t16-/m1/s1. The highest BCUT2D eigenvalue weighted by Crippen LogP contribution is 2.10. The molecule has 126 valence electrons. The van der Waals surface area contributed by atoms with E-state index >= 15 is 0 Å². The van der Waals surface area contributed by atoms with Crippen LogP contribution in [-0.2, 0) is 16.0 Å². The number of para-hydroxylation sites is 2. The Morgan fingerprint density at radius 3 is 2.56 bits per heavy atom. The Morgan fingerprint density at radius 1 is 1.12 bits per heavy atom. The van der Waals surface area contributed by atoms with E-state index in [4.69, 9.17) is 4.74 Å². The molecular weight excluding hydrogens is 320 g/mol. The van der Waals surface area contributed by atoms with Crippen molar-refractivity contribution in [2.75, 3.05) is 7.11 Å². The van der Waals surface area contributed by atoms with Crippen molar-refractivity contribution in [1.29, 1.82) is 0 Å². The van der Waals surface area contributed by atoms with Gasteiger partial charge >= 0.3 is 5.97 Å². The van der Waals surface area contributed by atoms with E-state index in [0.29, 0.717) is 11.3 Å². The third-order valence-electron chi connectivity index (χ3n) is 3.65. The van der Waals surface area contributed by atoms with Crippen LogP contribution in [0.3, 0.4) is 0 Å². The number of nitrogens with zero attached hydrogens (tertiary/aromatic N) is 3. The molecule has 25 heavy (non-hydrogen) atoms. The quantitative estimate of drug-likeness (QED) is 0.710. The van der Waals surface area contributed by atoms with Gasteiger partial charge in [0.25, 0.3) is 5.91 Å². The van der Waals surface area contributed by atoms with Gasteiger partial charge in [0.2, 0.25) is 0 Å². The normalized spacial score (nSPS) is 11.7. The van der Waals surface area contributed by atoms with Crippen LogP contribution in [0.5, 0.6) is 0 Å². The second kappa shape index (κ2) is 7.48. The lowest BCUT2D eigenvalue weighted by Gasteiger charge is -2.16. The molecule has 2 aromatic heterocycles. The molecule has 0 unspecified atom stereocenters. The number of carbonyl (C=O) groups excluding carboxylic acids is 2. The van der Waals surface area contributed by atoms with Gasteiger partial charge < -0.3 is 10.1 Å². The first-order valence-corrected chi connectivity index (χ1v) is 7.67. The first-order valence-electron chi connectivity index (χ1n) is 7.67. The summed E-state index contributed by atoms with van der Waals surface area (Å²) in [5.41, 5.74) is 2.49. The zero-order valence-electron chi connectivity index (χ0n) is 13.5. The van der Waals surface area contributed by atoms with E-state index in [9.17, 15) is 9.59 Å². The van der Waals surface area contributed by atoms with Gasteiger partial charge in [-0.1, -0.05) is 12.1 Å². The van der Waals surface area contributed by atoms with Gasteiger partial charge in [0.15, 0.2) is 0 Å². The van der Waals surface area contributed by atoms with Crippen LogP contribution < -0.4 is 5.32 Å². The monoisotopic (exact) mass is 336 g/mol. The van der Waals surface area contributed by atoms with Crippen LogP contribution in [0.2, 0.25) is 0 Å². The van der Waals surface area contributed by atoms with E-state index < -0.39 is 12.0 Å². The molecule has 3 aromatic rings. The highest BCUT2D eigenvalue weighted by atomic mass is 16.5. The number of ether oxygens (including phenoxy) is 1. The van der Waals surface area contributed by atoms with Gasteiger partial charge in [0, 0.05) is 30.6 Å². The smallest absolute Gasteiger partial charge is 0.328 e. The first-order chi connectivity index (χ1) is 12.2. The van der Waals surface area contributed by atoms with Crippen molar-refractivity contribution >= 4 is 22.9 Å². The number of esters is 1. The van der Waals surface area contributed by atoms with E-state index in [2.05, 4.69) is 20.3 Å². The highest BCUT2D eigenvalue weighted by molar-refractivity contribution is 5.96. The predicted molar refractivity (Wildman–Crippen MR) is 90.7 cm³/mol. The zero-order chi connectivity index (χ0) is 17.6. The number of carbonyl (C=O) groups is 2. The number of nitrogens with one attached hydrogen (secondary N) is 1. The number of hydrogen-bond donors (Lipinski definition) is 1. The summed E-state index contributed by atoms with van der Waals surface area (Å²) in [6, 6.07) is 9.72. The van der Waals surface area contributed by atoms with E-state index in [1.807, 2.05) is 24.3 Å². The Kier molecular flexibility index (Phi) is 4.94. The average molecular weight is 336 g/mol. The van der Waals surface area contributed by atoms with Gasteiger partial charge in [0.05, 0.1) is 23.8 Å². The molecule has 0 radical (unpaired) electrons. The number of methoxy groups -OCH3 is 1. The van der Waals surface area contributed by atoms with Crippen LogP contribution >= 0.6 is 0 Å². The second-order valence-corrected chi connectivity index (χ2v) is 5.34. The van der Waals surface area contributed by atoms with Crippen molar-refractivity contribution < 1.29 is 14.3 Å². The van der Waals surface area contributed by atoms with Crippen LogP contribution in [0.1, 0.15) is 16.1 Å². The maximum atomic E-state index is 12.3. The Bertz CT molecular complexity index is 899. The molecule has 1 aromatic carbocycles. The first kappa shape index (κ1) is 16.5. The molecule has 7 nitrogen and oxygen atoms in total. The van der Waals surface area contributed by atoms with Crippen LogP contribution in [0, 0.1) is 0 Å². The molecule has 7 heteroatoms. The van der Waals surface area contributed by atoms with E-state index in [1.165, 1.54) is 19.5 Å². The maximum Gasteiger partial charge on any atom is 0.328 e. The number of hydrogen-bond acceptors (Lipinski definition) is 6. The van der Waals surface area contributed by atoms with Crippen molar-refractivity contribution in [3.05, 3.63) is 66.2 Å². The Balaban J connectivity index is 1.80. The Morgan fingerprint density at radius 2 is 1.84 bits per heavy atom.